The van der Waals surface area contributed by atoms with E-state index in [9.17, 15) is 13.2 Å². The second kappa shape index (κ2) is 6.66. The van der Waals surface area contributed by atoms with E-state index >= 15 is 0 Å². The summed E-state index contributed by atoms with van der Waals surface area (Å²) in [5.74, 6) is -0.500. The molecule has 1 aliphatic heterocycles. The fourth-order valence-corrected chi connectivity index (χ4v) is 5.46. The Labute approximate surface area is 145 Å². The quantitative estimate of drug-likeness (QED) is 0.782. The molecule has 0 saturated heterocycles. The molecule has 0 saturated carbocycles. The molecule has 0 aliphatic carbocycles. The molecule has 7 heteroatoms. The topological polar surface area (TPSA) is 63.7 Å². The number of hydrogen-bond donors (Lipinski definition) is 0. The van der Waals surface area contributed by atoms with Gasteiger partial charge in [0, 0.05) is 13.0 Å². The van der Waals surface area contributed by atoms with Crippen molar-refractivity contribution in [3.05, 3.63) is 52.9 Å². The van der Waals surface area contributed by atoms with E-state index in [0.29, 0.717) is 6.42 Å². The van der Waals surface area contributed by atoms with E-state index in [4.69, 9.17) is 4.74 Å². The highest BCUT2D eigenvalue weighted by Crippen LogP contribution is 2.31. The van der Waals surface area contributed by atoms with Crippen molar-refractivity contribution in [1.82, 2.24) is 4.31 Å². The largest absolute Gasteiger partial charge is 0.462 e. The molecule has 0 radical (unpaired) electrons. The van der Waals surface area contributed by atoms with Crippen LogP contribution < -0.4 is 0 Å². The van der Waals surface area contributed by atoms with Crippen molar-refractivity contribution in [1.29, 1.82) is 0 Å². The van der Waals surface area contributed by atoms with Crippen LogP contribution in [0.2, 0.25) is 0 Å². The Hall–Kier alpha value is -1.70. The van der Waals surface area contributed by atoms with Crippen LogP contribution in [0.1, 0.15) is 25.0 Å². The highest BCUT2D eigenvalue weighted by molar-refractivity contribution is 7.91. The number of benzene rings is 1. The van der Waals surface area contributed by atoms with Gasteiger partial charge in [0.1, 0.15) is 10.3 Å². The van der Waals surface area contributed by atoms with Crippen LogP contribution in [0.25, 0.3) is 0 Å². The highest BCUT2D eigenvalue weighted by atomic mass is 32.2. The van der Waals surface area contributed by atoms with Crippen molar-refractivity contribution in [2.75, 3.05) is 0 Å². The lowest BCUT2D eigenvalue weighted by atomic mass is 9.96. The van der Waals surface area contributed by atoms with Crippen molar-refractivity contribution in [2.24, 2.45) is 0 Å². The Morgan fingerprint density at radius 2 is 1.92 bits per heavy atom. The molecular weight excluding hydrogens is 346 g/mol. The van der Waals surface area contributed by atoms with Gasteiger partial charge in [-0.1, -0.05) is 30.3 Å². The molecule has 24 heavy (non-hydrogen) atoms. The summed E-state index contributed by atoms with van der Waals surface area (Å²) in [6.07, 6.45) is 0.0350. The van der Waals surface area contributed by atoms with E-state index in [0.717, 1.165) is 22.5 Å². The van der Waals surface area contributed by atoms with Crippen LogP contribution >= 0.6 is 11.3 Å². The van der Waals surface area contributed by atoms with Crippen LogP contribution in [-0.4, -0.2) is 30.8 Å². The fraction of sp³-hybridized carbons (Fsp3) is 0.353. The summed E-state index contributed by atoms with van der Waals surface area (Å²) in [5.41, 5.74) is 1.91. The first-order valence-corrected chi connectivity index (χ1v) is 10.0. The fourth-order valence-electron chi connectivity index (χ4n) is 2.79. The predicted molar refractivity (Wildman–Crippen MR) is 92.2 cm³/mol. The first-order valence-electron chi connectivity index (χ1n) is 7.72. The van der Waals surface area contributed by atoms with Crippen molar-refractivity contribution in [3.8, 4) is 0 Å². The number of nitrogens with zero attached hydrogens (tertiary/aromatic N) is 1. The van der Waals surface area contributed by atoms with Crippen LogP contribution in [0.15, 0.2) is 46.0 Å². The number of thiophene rings is 1. The lowest BCUT2D eigenvalue weighted by molar-refractivity contribution is -0.152. The second-order valence-corrected chi connectivity index (χ2v) is 9.02. The van der Waals surface area contributed by atoms with Crippen molar-refractivity contribution in [3.63, 3.8) is 0 Å². The number of rotatable bonds is 4. The predicted octanol–water partition coefficient (Wildman–Crippen LogP) is 2.82. The molecule has 1 atom stereocenters. The van der Waals surface area contributed by atoms with Crippen LogP contribution in [0.3, 0.4) is 0 Å². The zero-order valence-electron chi connectivity index (χ0n) is 13.5. The number of sulfonamides is 1. The Morgan fingerprint density at radius 3 is 2.54 bits per heavy atom. The van der Waals surface area contributed by atoms with Gasteiger partial charge in [-0.25, -0.2) is 8.42 Å². The van der Waals surface area contributed by atoms with Gasteiger partial charge in [-0.3, -0.25) is 4.79 Å². The van der Waals surface area contributed by atoms with E-state index in [1.165, 1.54) is 4.31 Å². The molecular formula is C17H19NO4S2. The van der Waals surface area contributed by atoms with Gasteiger partial charge in [0.25, 0.3) is 10.0 Å². The van der Waals surface area contributed by atoms with Crippen LogP contribution in [-0.2, 0) is 32.5 Å². The maximum atomic E-state index is 13.0. The molecule has 0 N–H and O–H groups in total. The first kappa shape index (κ1) is 17.1. The van der Waals surface area contributed by atoms with Crippen molar-refractivity contribution < 1.29 is 17.9 Å². The normalized spacial score (nSPS) is 18.4. The lowest BCUT2D eigenvalue weighted by Gasteiger charge is -2.34. The monoisotopic (exact) mass is 365 g/mol. The SMILES string of the molecule is CC(C)OC(=O)[C@@H]1Cc2ccccc2CN1S(=O)(=O)c1cccs1. The minimum absolute atomic E-state index is 0.175. The zero-order chi connectivity index (χ0) is 17.3. The van der Waals surface area contributed by atoms with E-state index < -0.39 is 22.0 Å². The number of ether oxygens (including phenoxy) is 1. The Morgan fingerprint density at radius 1 is 1.21 bits per heavy atom. The molecule has 0 spiro atoms. The van der Waals surface area contributed by atoms with Gasteiger partial charge in [0.05, 0.1) is 6.10 Å². The molecule has 0 bridgehead atoms. The third kappa shape index (κ3) is 3.24. The smallest absolute Gasteiger partial charge is 0.325 e. The van der Waals surface area contributed by atoms with Crippen molar-refractivity contribution in [2.45, 2.75) is 43.2 Å². The minimum Gasteiger partial charge on any atom is -0.462 e. The Balaban J connectivity index is 2.02. The first-order chi connectivity index (χ1) is 11.4. The number of carbonyl (C=O) groups is 1. The maximum Gasteiger partial charge on any atom is 0.325 e. The summed E-state index contributed by atoms with van der Waals surface area (Å²) in [4.78, 5) is 12.5. The molecule has 1 aromatic heterocycles. The van der Waals surface area contributed by atoms with E-state index in [1.807, 2.05) is 24.3 Å². The molecule has 0 unspecified atom stereocenters. The summed E-state index contributed by atoms with van der Waals surface area (Å²) in [6.45, 7) is 3.69. The molecule has 3 rings (SSSR count). The molecule has 0 fully saturated rings. The second-order valence-electron chi connectivity index (χ2n) is 5.96. The van der Waals surface area contributed by atoms with Gasteiger partial charge in [-0.15, -0.1) is 11.3 Å². The van der Waals surface area contributed by atoms with Crippen molar-refractivity contribution >= 4 is 27.3 Å². The van der Waals surface area contributed by atoms with Gasteiger partial charge in [-0.05, 0) is 36.4 Å². The Kier molecular flexibility index (Phi) is 4.76. The average Bonchev–Trinajstić information content (AvgIpc) is 3.08. The number of esters is 1. The number of hydrogen-bond acceptors (Lipinski definition) is 5. The summed E-state index contributed by atoms with van der Waals surface area (Å²) in [5, 5.41) is 1.71. The third-order valence-corrected chi connectivity index (χ3v) is 7.12. The van der Waals surface area contributed by atoms with Crippen LogP contribution in [0.5, 0.6) is 0 Å². The highest BCUT2D eigenvalue weighted by Gasteiger charge is 2.41. The summed E-state index contributed by atoms with van der Waals surface area (Å²) < 4.78 is 32.8. The van der Waals surface area contributed by atoms with E-state index in [2.05, 4.69) is 0 Å². The van der Waals surface area contributed by atoms with E-state index in [-0.39, 0.29) is 16.9 Å². The molecule has 128 valence electrons. The molecule has 2 aromatic rings. The lowest BCUT2D eigenvalue weighted by Crippen LogP contribution is -2.49. The standard InChI is InChI=1S/C17H19NO4S2/c1-12(2)22-17(19)15-10-13-6-3-4-7-14(13)11-18(15)24(20,21)16-8-5-9-23-16/h3-9,12,15H,10-11H2,1-2H3/t15-/m0/s1. The van der Waals surface area contributed by atoms with Gasteiger partial charge in [-0.2, -0.15) is 4.31 Å². The summed E-state index contributed by atoms with van der Waals surface area (Å²) in [6, 6.07) is 10.0. The van der Waals surface area contributed by atoms with Crippen LogP contribution in [0.4, 0.5) is 0 Å². The van der Waals surface area contributed by atoms with Gasteiger partial charge in [0.2, 0.25) is 0 Å². The zero-order valence-corrected chi connectivity index (χ0v) is 15.1. The Bertz CT molecular complexity index is 828. The number of fused-ring (bicyclic) bond motifs is 1. The van der Waals surface area contributed by atoms with Gasteiger partial charge < -0.3 is 4.74 Å². The molecule has 1 aromatic carbocycles. The molecule has 0 amide bonds. The summed E-state index contributed by atoms with van der Waals surface area (Å²) >= 11 is 1.15. The maximum absolute atomic E-state index is 13.0. The minimum atomic E-state index is -3.74. The number of carbonyl (C=O) groups excluding carboxylic acids is 1. The van der Waals surface area contributed by atoms with Crippen LogP contribution in [0, 0.1) is 0 Å². The third-order valence-electron chi connectivity index (χ3n) is 3.89. The van der Waals surface area contributed by atoms with E-state index in [1.54, 1.807) is 31.4 Å². The summed E-state index contributed by atoms with van der Waals surface area (Å²) in [7, 11) is -3.74. The molecule has 5 nitrogen and oxygen atoms in total. The molecule has 1 aliphatic rings. The average molecular weight is 365 g/mol. The van der Waals surface area contributed by atoms with Gasteiger partial charge >= 0.3 is 5.97 Å². The van der Waals surface area contributed by atoms with Gasteiger partial charge in [0.15, 0.2) is 0 Å². The molecule has 2 heterocycles.